The van der Waals surface area contributed by atoms with Crippen LogP contribution in [0.4, 0.5) is 5.69 Å². The van der Waals surface area contributed by atoms with Crippen molar-refractivity contribution in [2.24, 2.45) is 0 Å². The second-order valence-electron chi connectivity index (χ2n) is 6.80. The number of rotatable bonds is 5. The molecule has 6 nitrogen and oxygen atoms in total. The van der Waals surface area contributed by atoms with Crippen LogP contribution in [0.15, 0.2) is 42.5 Å². The summed E-state index contributed by atoms with van der Waals surface area (Å²) in [7, 11) is 0. The molecule has 29 heavy (non-hydrogen) atoms. The molecular formula is C21H22IN3O3S. The third-order valence-electron chi connectivity index (χ3n) is 4.56. The Balaban J connectivity index is 1.55. The van der Waals surface area contributed by atoms with E-state index in [0.717, 1.165) is 28.6 Å². The Kier molecular flexibility index (Phi) is 7.57. The number of carbonyl (C=O) groups is 2. The molecule has 0 spiro atoms. The number of hydrogen-bond acceptors (Lipinski definition) is 4. The Morgan fingerprint density at radius 3 is 2.69 bits per heavy atom. The Morgan fingerprint density at radius 2 is 1.97 bits per heavy atom. The second kappa shape index (κ2) is 10.1. The summed E-state index contributed by atoms with van der Waals surface area (Å²) in [4.78, 5) is 24.7. The van der Waals surface area contributed by atoms with Crippen molar-refractivity contribution in [1.82, 2.24) is 10.6 Å². The fraction of sp³-hybridized carbons (Fsp3) is 0.286. The molecule has 1 atom stereocenters. The molecule has 1 saturated heterocycles. The number of carbonyl (C=O) groups excluding carboxylic acids is 2. The fourth-order valence-electron chi connectivity index (χ4n) is 2.92. The van der Waals surface area contributed by atoms with Gasteiger partial charge in [0.05, 0.1) is 6.10 Å². The molecule has 0 aromatic heterocycles. The molecule has 2 aromatic rings. The summed E-state index contributed by atoms with van der Waals surface area (Å²) < 4.78 is 6.53. The largest absolute Gasteiger partial charge is 0.376 e. The summed E-state index contributed by atoms with van der Waals surface area (Å²) in [5.74, 6) is -0.459. The molecule has 8 heteroatoms. The van der Waals surface area contributed by atoms with Crippen molar-refractivity contribution in [1.29, 1.82) is 0 Å². The monoisotopic (exact) mass is 523 g/mol. The quantitative estimate of drug-likeness (QED) is 0.412. The van der Waals surface area contributed by atoms with Crippen LogP contribution in [0.5, 0.6) is 0 Å². The highest BCUT2D eigenvalue weighted by Gasteiger charge is 2.17. The maximum atomic E-state index is 12.4. The average molecular weight is 523 g/mol. The molecular weight excluding hydrogens is 501 g/mol. The van der Waals surface area contributed by atoms with Crippen molar-refractivity contribution in [2.45, 2.75) is 25.9 Å². The van der Waals surface area contributed by atoms with Gasteiger partial charge in [0.2, 0.25) is 0 Å². The van der Waals surface area contributed by atoms with E-state index < -0.39 is 0 Å². The molecule has 3 N–H and O–H groups in total. The molecule has 0 saturated carbocycles. The van der Waals surface area contributed by atoms with E-state index in [1.54, 1.807) is 30.3 Å². The number of amides is 2. The van der Waals surface area contributed by atoms with Crippen LogP contribution in [-0.4, -0.2) is 36.2 Å². The van der Waals surface area contributed by atoms with Crippen LogP contribution in [0, 0.1) is 10.5 Å². The van der Waals surface area contributed by atoms with Gasteiger partial charge in [0, 0.05) is 33.5 Å². The SMILES string of the molecule is Cc1ccc(C(=O)NC(=S)Nc2cccc(C(=O)NCC3CCCO3)c2)cc1I. The number of hydrogen-bond donors (Lipinski definition) is 3. The zero-order valence-electron chi connectivity index (χ0n) is 16.0. The minimum absolute atomic E-state index is 0.0906. The van der Waals surface area contributed by atoms with E-state index in [2.05, 4.69) is 38.5 Å². The minimum Gasteiger partial charge on any atom is -0.376 e. The molecule has 2 aromatic carbocycles. The third kappa shape index (κ3) is 6.22. The molecule has 1 heterocycles. The van der Waals surface area contributed by atoms with Crippen LogP contribution in [-0.2, 0) is 4.74 Å². The highest BCUT2D eigenvalue weighted by molar-refractivity contribution is 14.1. The lowest BCUT2D eigenvalue weighted by atomic mass is 10.1. The van der Waals surface area contributed by atoms with Gasteiger partial charge in [-0.15, -0.1) is 0 Å². The van der Waals surface area contributed by atoms with E-state index in [1.807, 2.05) is 19.1 Å². The van der Waals surface area contributed by atoms with Gasteiger partial charge in [0.1, 0.15) is 0 Å². The van der Waals surface area contributed by atoms with Gasteiger partial charge < -0.3 is 15.4 Å². The molecule has 0 aliphatic carbocycles. The van der Waals surface area contributed by atoms with Crippen molar-refractivity contribution < 1.29 is 14.3 Å². The first-order valence-electron chi connectivity index (χ1n) is 9.31. The number of anilines is 1. The Labute approximate surface area is 188 Å². The molecule has 0 radical (unpaired) electrons. The summed E-state index contributed by atoms with van der Waals surface area (Å²) in [6.45, 7) is 3.24. The highest BCUT2D eigenvalue weighted by Crippen LogP contribution is 2.15. The third-order valence-corrected chi connectivity index (χ3v) is 5.92. The number of nitrogens with one attached hydrogen (secondary N) is 3. The zero-order valence-corrected chi connectivity index (χ0v) is 18.9. The van der Waals surface area contributed by atoms with Crippen LogP contribution in [0.2, 0.25) is 0 Å². The Hall–Kier alpha value is -2.04. The molecule has 2 amide bonds. The molecule has 152 valence electrons. The minimum atomic E-state index is -0.286. The Morgan fingerprint density at radius 1 is 1.17 bits per heavy atom. The van der Waals surface area contributed by atoms with Gasteiger partial charge in [-0.25, -0.2) is 0 Å². The number of benzene rings is 2. The first-order chi connectivity index (χ1) is 13.9. The topological polar surface area (TPSA) is 79.5 Å². The zero-order chi connectivity index (χ0) is 20.8. The van der Waals surface area contributed by atoms with E-state index in [4.69, 9.17) is 17.0 Å². The predicted molar refractivity (Wildman–Crippen MR) is 125 cm³/mol. The van der Waals surface area contributed by atoms with Crippen molar-refractivity contribution in [2.75, 3.05) is 18.5 Å². The van der Waals surface area contributed by atoms with Crippen molar-refractivity contribution in [3.63, 3.8) is 0 Å². The van der Waals surface area contributed by atoms with E-state index in [-0.39, 0.29) is 23.0 Å². The summed E-state index contributed by atoms with van der Waals surface area (Å²) in [5.41, 5.74) is 2.78. The second-order valence-corrected chi connectivity index (χ2v) is 8.37. The highest BCUT2D eigenvalue weighted by atomic mass is 127. The van der Waals surface area contributed by atoms with Crippen LogP contribution in [0.3, 0.4) is 0 Å². The van der Waals surface area contributed by atoms with Gasteiger partial charge in [0.15, 0.2) is 5.11 Å². The van der Waals surface area contributed by atoms with Gasteiger partial charge in [0.25, 0.3) is 11.8 Å². The summed E-state index contributed by atoms with van der Waals surface area (Å²) >= 11 is 7.43. The lowest BCUT2D eigenvalue weighted by Gasteiger charge is -2.13. The van der Waals surface area contributed by atoms with Gasteiger partial charge in [-0.3, -0.25) is 14.9 Å². The van der Waals surface area contributed by atoms with E-state index in [0.29, 0.717) is 23.4 Å². The van der Waals surface area contributed by atoms with Crippen molar-refractivity contribution in [3.05, 3.63) is 62.7 Å². The van der Waals surface area contributed by atoms with Crippen LogP contribution < -0.4 is 16.0 Å². The smallest absolute Gasteiger partial charge is 0.257 e. The first-order valence-corrected chi connectivity index (χ1v) is 10.8. The van der Waals surface area contributed by atoms with Crippen LogP contribution in [0.25, 0.3) is 0 Å². The molecule has 1 aliphatic heterocycles. The molecule has 1 fully saturated rings. The summed E-state index contributed by atoms with van der Waals surface area (Å²) in [6, 6.07) is 12.4. The first kappa shape index (κ1) is 21.7. The van der Waals surface area contributed by atoms with E-state index in [9.17, 15) is 9.59 Å². The molecule has 3 rings (SSSR count). The van der Waals surface area contributed by atoms with E-state index >= 15 is 0 Å². The fourth-order valence-corrected chi connectivity index (χ4v) is 3.65. The number of ether oxygens (including phenoxy) is 1. The average Bonchev–Trinajstić information content (AvgIpc) is 3.22. The lowest BCUT2D eigenvalue weighted by Crippen LogP contribution is -2.34. The van der Waals surface area contributed by atoms with Crippen molar-refractivity contribution in [3.8, 4) is 0 Å². The predicted octanol–water partition coefficient (Wildman–Crippen LogP) is 3.64. The number of halogens is 1. The van der Waals surface area contributed by atoms with E-state index in [1.165, 1.54) is 0 Å². The van der Waals surface area contributed by atoms with Gasteiger partial charge in [-0.1, -0.05) is 12.1 Å². The maximum Gasteiger partial charge on any atom is 0.257 e. The normalized spacial score (nSPS) is 15.6. The van der Waals surface area contributed by atoms with Gasteiger partial charge in [-0.2, -0.15) is 0 Å². The lowest BCUT2D eigenvalue weighted by molar-refractivity contribution is 0.0857. The summed E-state index contributed by atoms with van der Waals surface area (Å²) in [5, 5.41) is 8.68. The maximum absolute atomic E-state index is 12.4. The number of thiocarbonyl (C=S) groups is 1. The van der Waals surface area contributed by atoms with Gasteiger partial charge >= 0.3 is 0 Å². The van der Waals surface area contributed by atoms with Crippen molar-refractivity contribution >= 4 is 57.4 Å². The van der Waals surface area contributed by atoms with Gasteiger partial charge in [-0.05, 0) is 90.5 Å². The van der Waals surface area contributed by atoms with Crippen LogP contribution in [0.1, 0.15) is 39.1 Å². The molecule has 1 unspecified atom stereocenters. The standard InChI is InChI=1S/C21H22IN3O3S/c1-13-7-8-15(11-18(13)22)20(27)25-21(29)24-16-5-2-4-14(10-16)19(26)23-12-17-6-3-9-28-17/h2,4-5,7-8,10-11,17H,3,6,9,12H2,1H3,(H,23,26)(H2,24,25,27,29). The Bertz CT molecular complexity index is 929. The molecule has 1 aliphatic rings. The number of aryl methyl sites for hydroxylation is 1. The van der Waals surface area contributed by atoms with Crippen LogP contribution >= 0.6 is 34.8 Å². The molecule has 0 bridgehead atoms. The summed E-state index contributed by atoms with van der Waals surface area (Å²) in [6.07, 6.45) is 2.09.